The maximum atomic E-state index is 12.6. The van der Waals surface area contributed by atoms with Crippen LogP contribution in [0.25, 0.3) is 0 Å². The highest BCUT2D eigenvalue weighted by molar-refractivity contribution is 6.02. The highest BCUT2D eigenvalue weighted by Gasteiger charge is 2.30. The largest absolute Gasteiger partial charge is 0.422 e. The van der Waals surface area contributed by atoms with E-state index in [4.69, 9.17) is 10.1 Å². The van der Waals surface area contributed by atoms with E-state index in [2.05, 4.69) is 6.92 Å². The van der Waals surface area contributed by atoms with E-state index in [0.29, 0.717) is 17.7 Å². The molecule has 2 aromatic carbocycles. The van der Waals surface area contributed by atoms with E-state index in [1.54, 1.807) is 18.2 Å². The molecule has 3 nitrogen and oxygen atoms in total. The van der Waals surface area contributed by atoms with Gasteiger partial charge >= 0.3 is 12.1 Å². The van der Waals surface area contributed by atoms with Crippen molar-refractivity contribution in [1.82, 2.24) is 0 Å². The SMILES string of the molecule is CCCCCC(=N)c1cc(C)ccc1OC(=O)c1ccc(C(F)(F)F)cc1. The molecule has 0 aliphatic rings. The number of unbranched alkanes of at least 4 members (excludes halogenated alkanes) is 2. The average molecular weight is 377 g/mol. The molecule has 144 valence electrons. The number of hydrogen-bond acceptors (Lipinski definition) is 3. The first-order valence-electron chi connectivity index (χ1n) is 8.80. The van der Waals surface area contributed by atoms with Gasteiger partial charge in [-0.1, -0.05) is 31.4 Å². The van der Waals surface area contributed by atoms with Crippen molar-refractivity contribution in [2.45, 2.75) is 45.7 Å². The molecule has 27 heavy (non-hydrogen) atoms. The summed E-state index contributed by atoms with van der Waals surface area (Å²) in [6, 6.07) is 9.03. The Morgan fingerprint density at radius 2 is 1.74 bits per heavy atom. The van der Waals surface area contributed by atoms with Gasteiger partial charge in [0.25, 0.3) is 0 Å². The first kappa shape index (κ1) is 20.7. The number of aryl methyl sites for hydroxylation is 1. The van der Waals surface area contributed by atoms with Crippen LogP contribution in [-0.2, 0) is 6.18 Å². The van der Waals surface area contributed by atoms with Gasteiger partial charge in [-0.15, -0.1) is 0 Å². The number of nitrogens with one attached hydrogen (secondary N) is 1. The number of esters is 1. The molecule has 0 aromatic heterocycles. The van der Waals surface area contributed by atoms with Gasteiger partial charge in [-0.3, -0.25) is 0 Å². The number of alkyl halides is 3. The van der Waals surface area contributed by atoms with Crippen LogP contribution in [0.2, 0.25) is 0 Å². The highest BCUT2D eigenvalue weighted by atomic mass is 19.4. The lowest BCUT2D eigenvalue weighted by atomic mass is 10.0. The zero-order chi connectivity index (χ0) is 20.0. The summed E-state index contributed by atoms with van der Waals surface area (Å²) in [6.45, 7) is 3.96. The first-order chi connectivity index (χ1) is 12.7. The zero-order valence-electron chi connectivity index (χ0n) is 15.3. The molecule has 0 aliphatic carbocycles. The highest BCUT2D eigenvalue weighted by Crippen LogP contribution is 2.29. The fraction of sp³-hybridized carbons (Fsp3) is 0.333. The number of hydrogen-bond donors (Lipinski definition) is 1. The van der Waals surface area contributed by atoms with Gasteiger partial charge in [0.1, 0.15) is 5.75 Å². The van der Waals surface area contributed by atoms with Gasteiger partial charge < -0.3 is 10.1 Å². The van der Waals surface area contributed by atoms with Gasteiger partial charge in [-0.25, -0.2) is 4.79 Å². The van der Waals surface area contributed by atoms with Crippen molar-refractivity contribution in [3.05, 3.63) is 64.7 Å². The molecule has 0 saturated carbocycles. The molecule has 0 bridgehead atoms. The minimum Gasteiger partial charge on any atom is -0.422 e. The lowest BCUT2D eigenvalue weighted by molar-refractivity contribution is -0.137. The van der Waals surface area contributed by atoms with Crippen LogP contribution in [0.15, 0.2) is 42.5 Å². The number of halogens is 3. The molecule has 0 heterocycles. The second-order valence-electron chi connectivity index (χ2n) is 6.40. The average Bonchev–Trinajstić information content (AvgIpc) is 2.62. The summed E-state index contributed by atoms with van der Waals surface area (Å²) < 4.78 is 43.3. The van der Waals surface area contributed by atoms with E-state index in [9.17, 15) is 18.0 Å². The topological polar surface area (TPSA) is 50.1 Å². The molecule has 0 atom stereocenters. The Morgan fingerprint density at radius 3 is 2.33 bits per heavy atom. The Kier molecular flexibility index (Phi) is 6.77. The van der Waals surface area contributed by atoms with Crippen LogP contribution in [0.5, 0.6) is 5.75 Å². The van der Waals surface area contributed by atoms with Gasteiger partial charge in [0.15, 0.2) is 0 Å². The molecule has 0 aliphatic heterocycles. The van der Waals surface area contributed by atoms with Crippen molar-refractivity contribution >= 4 is 11.7 Å². The van der Waals surface area contributed by atoms with Crippen LogP contribution in [-0.4, -0.2) is 11.7 Å². The van der Waals surface area contributed by atoms with Crippen molar-refractivity contribution in [3.8, 4) is 5.75 Å². The smallest absolute Gasteiger partial charge is 0.416 e. The van der Waals surface area contributed by atoms with Crippen LogP contribution in [0.3, 0.4) is 0 Å². The van der Waals surface area contributed by atoms with E-state index < -0.39 is 17.7 Å². The van der Waals surface area contributed by atoms with Gasteiger partial charge in [-0.2, -0.15) is 13.2 Å². The predicted octanol–water partition coefficient (Wildman–Crippen LogP) is 6.18. The zero-order valence-corrected chi connectivity index (χ0v) is 15.3. The van der Waals surface area contributed by atoms with Crippen molar-refractivity contribution in [1.29, 1.82) is 5.41 Å². The summed E-state index contributed by atoms with van der Waals surface area (Å²) in [5.41, 5.74) is 1.04. The van der Waals surface area contributed by atoms with E-state index in [-0.39, 0.29) is 11.3 Å². The number of rotatable bonds is 7. The second-order valence-corrected chi connectivity index (χ2v) is 6.40. The third-order valence-corrected chi connectivity index (χ3v) is 4.14. The number of carbonyl (C=O) groups excluding carboxylic acids is 1. The summed E-state index contributed by atoms with van der Waals surface area (Å²) >= 11 is 0. The molecule has 2 aromatic rings. The van der Waals surface area contributed by atoms with E-state index in [0.717, 1.165) is 49.1 Å². The summed E-state index contributed by atoms with van der Waals surface area (Å²) in [5.74, 6) is -0.512. The monoisotopic (exact) mass is 377 g/mol. The Bertz CT molecular complexity index is 811. The molecule has 0 fully saturated rings. The summed E-state index contributed by atoms with van der Waals surface area (Å²) in [5, 5.41) is 8.28. The molecular weight excluding hydrogens is 355 g/mol. The van der Waals surface area contributed by atoms with Crippen LogP contribution in [0, 0.1) is 12.3 Å². The Labute approximate surface area is 156 Å². The minimum atomic E-state index is -4.46. The van der Waals surface area contributed by atoms with E-state index >= 15 is 0 Å². The molecule has 0 saturated heterocycles. The maximum absolute atomic E-state index is 12.6. The van der Waals surface area contributed by atoms with Gasteiger partial charge in [0.2, 0.25) is 0 Å². The van der Waals surface area contributed by atoms with Crippen molar-refractivity contribution in [3.63, 3.8) is 0 Å². The number of benzene rings is 2. The van der Waals surface area contributed by atoms with Crippen LogP contribution < -0.4 is 4.74 Å². The standard InChI is InChI=1S/C21H22F3NO2/c1-3-4-5-6-18(25)17-13-14(2)7-12-19(17)27-20(26)15-8-10-16(11-9-15)21(22,23)24/h7-13,25H,3-6H2,1-2H3. The lowest BCUT2D eigenvalue weighted by Crippen LogP contribution is -2.13. The normalized spacial score (nSPS) is 11.3. The van der Waals surface area contributed by atoms with E-state index in [1.165, 1.54) is 0 Å². The van der Waals surface area contributed by atoms with Crippen LogP contribution >= 0.6 is 0 Å². The lowest BCUT2D eigenvalue weighted by Gasteiger charge is -2.13. The Balaban J connectivity index is 2.18. The van der Waals surface area contributed by atoms with Gasteiger partial charge in [-0.05, 0) is 56.2 Å². The number of carbonyl (C=O) groups is 1. The second kappa shape index (κ2) is 8.84. The fourth-order valence-electron chi connectivity index (χ4n) is 2.61. The van der Waals surface area contributed by atoms with E-state index in [1.807, 2.05) is 6.92 Å². The van der Waals surface area contributed by atoms with Crippen LogP contribution in [0.1, 0.15) is 59.7 Å². The van der Waals surface area contributed by atoms with Gasteiger partial charge in [0.05, 0.1) is 11.1 Å². The molecule has 2 rings (SSSR count). The third kappa shape index (κ3) is 5.67. The van der Waals surface area contributed by atoms with Gasteiger partial charge in [0, 0.05) is 11.3 Å². The van der Waals surface area contributed by atoms with Crippen molar-refractivity contribution in [2.75, 3.05) is 0 Å². The summed E-state index contributed by atoms with van der Waals surface area (Å²) in [7, 11) is 0. The maximum Gasteiger partial charge on any atom is 0.416 e. The summed E-state index contributed by atoms with van der Waals surface area (Å²) in [6.07, 6.45) is -0.969. The molecular formula is C21H22F3NO2. The predicted molar refractivity (Wildman–Crippen MR) is 98.6 cm³/mol. The Morgan fingerprint density at radius 1 is 1.07 bits per heavy atom. The molecule has 6 heteroatoms. The quantitative estimate of drug-likeness (QED) is 0.271. The summed E-state index contributed by atoms with van der Waals surface area (Å²) in [4.78, 5) is 12.3. The Hall–Kier alpha value is -2.63. The first-order valence-corrected chi connectivity index (χ1v) is 8.80. The molecule has 0 spiro atoms. The van der Waals surface area contributed by atoms with Crippen molar-refractivity contribution in [2.24, 2.45) is 0 Å². The van der Waals surface area contributed by atoms with Crippen molar-refractivity contribution < 1.29 is 22.7 Å². The molecule has 0 amide bonds. The number of ether oxygens (including phenoxy) is 1. The molecule has 0 radical (unpaired) electrons. The minimum absolute atomic E-state index is 0.0204. The molecule has 0 unspecified atom stereocenters. The fourth-order valence-corrected chi connectivity index (χ4v) is 2.61. The third-order valence-electron chi connectivity index (χ3n) is 4.14. The van der Waals surface area contributed by atoms with Crippen LogP contribution in [0.4, 0.5) is 13.2 Å². The molecule has 1 N–H and O–H groups in total.